The summed E-state index contributed by atoms with van der Waals surface area (Å²) in [5.74, 6) is 0. The Labute approximate surface area is 168 Å². The van der Waals surface area contributed by atoms with E-state index in [1.54, 1.807) is 30.8 Å². The summed E-state index contributed by atoms with van der Waals surface area (Å²) < 4.78 is 16.0. The molecule has 4 rings (SSSR count). The molecule has 0 aromatic carbocycles. The fraction of sp³-hybridized carbons (Fsp3) is 0.389. The largest absolute Gasteiger partial charge is 0.317 e. The molecule has 1 saturated heterocycles. The van der Waals surface area contributed by atoms with Crippen LogP contribution in [0.25, 0.3) is 21.3 Å². The number of thiophene rings is 1. The lowest BCUT2D eigenvalue weighted by molar-refractivity contribution is 0.187. The molecule has 0 bridgehead atoms. The van der Waals surface area contributed by atoms with Crippen molar-refractivity contribution in [2.24, 2.45) is 7.05 Å². The smallest absolute Gasteiger partial charge is 0.259 e. The van der Waals surface area contributed by atoms with Gasteiger partial charge < -0.3 is 9.55 Å². The molecule has 28 heavy (non-hydrogen) atoms. The van der Waals surface area contributed by atoms with Gasteiger partial charge in [0, 0.05) is 68.7 Å². The molecule has 0 spiro atoms. The van der Waals surface area contributed by atoms with E-state index in [4.69, 9.17) is 0 Å². The standard InChI is InChI=1S/C18H21N5O3S2/c1-21-10-14(15-8-16(24)20-11-19-15)17-13(18(21)25)7-12(27-17)9-22-3-5-23(6-4-22)28(2)26/h7-8,10-11H,3-6,9H2,1-2H3,(H,19,20,24). The molecular formula is C18H21N5O3S2. The van der Waals surface area contributed by atoms with Crippen molar-refractivity contribution in [3.05, 3.63) is 50.2 Å². The molecule has 1 N–H and O–H groups in total. The second-order valence-electron chi connectivity index (χ2n) is 6.84. The molecule has 1 atom stereocenters. The number of hydrogen-bond donors (Lipinski definition) is 1. The lowest BCUT2D eigenvalue weighted by Gasteiger charge is -2.32. The first-order chi connectivity index (χ1) is 13.4. The van der Waals surface area contributed by atoms with E-state index in [0.717, 1.165) is 47.9 Å². The maximum Gasteiger partial charge on any atom is 0.259 e. The Bertz CT molecular complexity index is 1160. The van der Waals surface area contributed by atoms with Crippen LogP contribution in [0.1, 0.15) is 4.88 Å². The summed E-state index contributed by atoms with van der Waals surface area (Å²) in [6.07, 6.45) is 4.82. The summed E-state index contributed by atoms with van der Waals surface area (Å²) in [4.78, 5) is 34.5. The lowest BCUT2D eigenvalue weighted by atomic mass is 10.1. The van der Waals surface area contributed by atoms with Gasteiger partial charge in [-0.3, -0.25) is 14.5 Å². The molecule has 148 valence electrons. The molecule has 10 heteroatoms. The first kappa shape index (κ1) is 19.2. The Morgan fingerprint density at radius 3 is 2.64 bits per heavy atom. The lowest BCUT2D eigenvalue weighted by Crippen LogP contribution is -2.46. The number of aromatic amines is 1. The zero-order valence-electron chi connectivity index (χ0n) is 15.7. The fourth-order valence-corrected chi connectivity index (χ4v) is 5.33. The van der Waals surface area contributed by atoms with Crippen LogP contribution in [0, 0.1) is 0 Å². The van der Waals surface area contributed by atoms with E-state index < -0.39 is 11.0 Å². The summed E-state index contributed by atoms with van der Waals surface area (Å²) in [5, 5.41) is 0.648. The monoisotopic (exact) mass is 419 g/mol. The van der Waals surface area contributed by atoms with Gasteiger partial charge in [0.05, 0.1) is 33.1 Å². The van der Waals surface area contributed by atoms with Crippen LogP contribution in [0.2, 0.25) is 0 Å². The van der Waals surface area contributed by atoms with Crippen LogP contribution in [0.4, 0.5) is 0 Å². The zero-order chi connectivity index (χ0) is 19.8. The van der Waals surface area contributed by atoms with E-state index in [2.05, 4.69) is 14.9 Å². The Morgan fingerprint density at radius 1 is 1.21 bits per heavy atom. The first-order valence-electron chi connectivity index (χ1n) is 8.90. The van der Waals surface area contributed by atoms with Gasteiger partial charge in [-0.05, 0) is 6.07 Å². The van der Waals surface area contributed by atoms with Crippen LogP contribution < -0.4 is 11.1 Å². The molecule has 8 nitrogen and oxygen atoms in total. The van der Waals surface area contributed by atoms with E-state index in [1.807, 2.05) is 10.4 Å². The van der Waals surface area contributed by atoms with Gasteiger partial charge in [0.2, 0.25) is 0 Å². The van der Waals surface area contributed by atoms with Gasteiger partial charge in [-0.25, -0.2) is 13.5 Å². The van der Waals surface area contributed by atoms with Gasteiger partial charge in [-0.1, -0.05) is 0 Å². The number of hydrogen-bond acceptors (Lipinski definition) is 6. The molecule has 0 saturated carbocycles. The Balaban J connectivity index is 1.68. The highest BCUT2D eigenvalue weighted by atomic mass is 32.2. The van der Waals surface area contributed by atoms with E-state index in [1.165, 1.54) is 17.0 Å². The van der Waals surface area contributed by atoms with Crippen molar-refractivity contribution in [3.8, 4) is 11.3 Å². The van der Waals surface area contributed by atoms with Gasteiger partial charge in [0.1, 0.15) is 0 Å². The van der Waals surface area contributed by atoms with Crippen LogP contribution in [-0.4, -0.2) is 60.4 Å². The molecular weight excluding hydrogens is 398 g/mol. The summed E-state index contributed by atoms with van der Waals surface area (Å²) in [6, 6.07) is 3.39. The van der Waals surface area contributed by atoms with Crippen LogP contribution in [0.5, 0.6) is 0 Å². The maximum atomic E-state index is 12.6. The van der Waals surface area contributed by atoms with E-state index in [-0.39, 0.29) is 11.1 Å². The Morgan fingerprint density at radius 2 is 1.96 bits per heavy atom. The van der Waals surface area contributed by atoms with Crippen LogP contribution in [-0.2, 0) is 24.6 Å². The molecule has 1 unspecified atom stereocenters. The highest BCUT2D eigenvalue weighted by Gasteiger charge is 2.21. The third-order valence-electron chi connectivity index (χ3n) is 4.93. The Kier molecular flexibility index (Phi) is 5.28. The minimum atomic E-state index is -0.928. The van der Waals surface area contributed by atoms with E-state index in [0.29, 0.717) is 11.1 Å². The number of aromatic nitrogens is 3. The molecule has 0 radical (unpaired) electrons. The number of nitrogens with zero attached hydrogens (tertiary/aromatic N) is 4. The molecule has 3 aromatic heterocycles. The van der Waals surface area contributed by atoms with Crippen molar-refractivity contribution in [2.75, 3.05) is 32.4 Å². The van der Waals surface area contributed by atoms with Crippen molar-refractivity contribution in [3.63, 3.8) is 0 Å². The second kappa shape index (κ2) is 7.70. The van der Waals surface area contributed by atoms with Gasteiger partial charge >= 0.3 is 0 Å². The average molecular weight is 420 g/mol. The van der Waals surface area contributed by atoms with Crippen LogP contribution in [0.3, 0.4) is 0 Å². The summed E-state index contributed by atoms with van der Waals surface area (Å²) >= 11 is 1.57. The summed E-state index contributed by atoms with van der Waals surface area (Å²) in [5.41, 5.74) is 1.05. The van der Waals surface area contributed by atoms with Crippen molar-refractivity contribution < 1.29 is 4.21 Å². The molecule has 0 aliphatic carbocycles. The van der Waals surface area contributed by atoms with E-state index in [9.17, 15) is 13.8 Å². The zero-order valence-corrected chi connectivity index (χ0v) is 17.3. The number of aryl methyl sites for hydroxylation is 1. The summed E-state index contributed by atoms with van der Waals surface area (Å²) in [6.45, 7) is 3.98. The molecule has 0 amide bonds. The number of H-pyrrole nitrogens is 1. The molecule has 1 aliphatic rings. The SMILES string of the molecule is Cn1cc(-c2cc(=O)[nH]cn2)c2sc(CN3CCN(S(C)=O)CC3)cc2c1=O. The number of fused-ring (bicyclic) bond motifs is 1. The molecule has 3 aromatic rings. The van der Waals surface area contributed by atoms with Gasteiger partial charge in [0.15, 0.2) is 0 Å². The van der Waals surface area contributed by atoms with Crippen molar-refractivity contribution in [1.82, 2.24) is 23.7 Å². The number of pyridine rings is 1. The third-order valence-corrected chi connectivity index (χ3v) is 7.18. The van der Waals surface area contributed by atoms with E-state index >= 15 is 0 Å². The van der Waals surface area contributed by atoms with Crippen molar-refractivity contribution in [1.29, 1.82) is 0 Å². The van der Waals surface area contributed by atoms with Crippen LogP contribution in [0.15, 0.2) is 34.2 Å². The number of nitrogens with one attached hydrogen (secondary N) is 1. The molecule has 1 aliphatic heterocycles. The fourth-order valence-electron chi connectivity index (χ4n) is 3.44. The van der Waals surface area contributed by atoms with Gasteiger partial charge in [-0.2, -0.15) is 0 Å². The predicted molar refractivity (Wildman–Crippen MR) is 112 cm³/mol. The summed E-state index contributed by atoms with van der Waals surface area (Å²) in [7, 11) is 0.781. The van der Waals surface area contributed by atoms with Crippen LogP contribution >= 0.6 is 11.3 Å². The molecule has 1 fully saturated rings. The third kappa shape index (κ3) is 3.72. The average Bonchev–Trinajstić information content (AvgIpc) is 3.09. The number of piperazine rings is 1. The first-order valence-corrected chi connectivity index (χ1v) is 11.2. The highest BCUT2D eigenvalue weighted by Crippen LogP contribution is 2.32. The molecule has 4 heterocycles. The Hall–Kier alpha value is -2.14. The highest BCUT2D eigenvalue weighted by molar-refractivity contribution is 7.81. The quantitative estimate of drug-likeness (QED) is 0.674. The minimum Gasteiger partial charge on any atom is -0.317 e. The van der Waals surface area contributed by atoms with Gasteiger partial charge in [-0.15, -0.1) is 11.3 Å². The predicted octanol–water partition coefficient (Wildman–Crippen LogP) is 0.761. The normalized spacial score (nSPS) is 17.2. The maximum absolute atomic E-state index is 12.6. The van der Waals surface area contributed by atoms with Gasteiger partial charge in [0.25, 0.3) is 11.1 Å². The minimum absolute atomic E-state index is 0.0581. The van der Waals surface area contributed by atoms with Crippen molar-refractivity contribution in [2.45, 2.75) is 6.54 Å². The second-order valence-corrected chi connectivity index (χ2v) is 9.34. The topological polar surface area (TPSA) is 91.3 Å². The number of rotatable bonds is 4. The van der Waals surface area contributed by atoms with Crippen molar-refractivity contribution >= 4 is 32.4 Å².